The molecule has 0 aromatic rings. The van der Waals surface area contributed by atoms with Crippen LogP contribution in [0.25, 0.3) is 0 Å². The molecule has 0 heterocycles. The third-order valence-corrected chi connectivity index (χ3v) is 2.68. The van der Waals surface area contributed by atoms with Gasteiger partial charge in [0.2, 0.25) is 0 Å². The highest BCUT2D eigenvalue weighted by atomic mass is 35.5. The van der Waals surface area contributed by atoms with E-state index in [1.54, 1.807) is 0 Å². The van der Waals surface area contributed by atoms with Crippen LogP contribution in [0, 0.1) is 0 Å². The number of methoxy groups -OCH3 is 1. The third-order valence-electron chi connectivity index (χ3n) is 2.45. The molecule has 0 aliphatic rings. The number of esters is 1. The lowest BCUT2D eigenvalue weighted by Gasteiger charge is -2.37. The molecule has 0 atom stereocenters. The van der Waals surface area contributed by atoms with Crippen LogP contribution in [-0.2, 0) is 14.3 Å². The van der Waals surface area contributed by atoms with Gasteiger partial charge in [-0.15, -0.1) is 0 Å². The van der Waals surface area contributed by atoms with Gasteiger partial charge in [-0.05, 0) is 11.6 Å². The van der Waals surface area contributed by atoms with Crippen molar-refractivity contribution in [3.8, 4) is 0 Å². The first kappa shape index (κ1) is 22.5. The van der Waals surface area contributed by atoms with E-state index >= 15 is 0 Å². The summed E-state index contributed by atoms with van der Waals surface area (Å²) in [6.07, 6.45) is 0. The van der Waals surface area contributed by atoms with E-state index in [0.717, 1.165) is 0 Å². The van der Waals surface area contributed by atoms with E-state index in [9.17, 15) is 53.5 Å². The molecule has 0 saturated heterocycles. The van der Waals surface area contributed by atoms with Crippen LogP contribution >= 0.6 is 11.6 Å². The van der Waals surface area contributed by atoms with Gasteiger partial charge < -0.3 is 10.1 Å². The normalized spacial score (nSPS) is 14.3. The van der Waals surface area contributed by atoms with Crippen molar-refractivity contribution >= 4 is 23.5 Å². The van der Waals surface area contributed by atoms with E-state index in [1.807, 2.05) is 0 Å². The third kappa shape index (κ3) is 3.47. The highest BCUT2D eigenvalue weighted by Crippen LogP contribution is 2.57. The van der Waals surface area contributed by atoms with Crippen molar-refractivity contribution < 1.29 is 58.2 Å². The van der Waals surface area contributed by atoms with Crippen molar-refractivity contribution in [2.75, 3.05) is 13.7 Å². The average molecular weight is 402 g/mol. The van der Waals surface area contributed by atoms with Gasteiger partial charge in [0.1, 0.15) is 6.54 Å². The van der Waals surface area contributed by atoms with E-state index in [4.69, 9.17) is 0 Å². The highest BCUT2D eigenvalue weighted by molar-refractivity contribution is 6.22. The quantitative estimate of drug-likeness (QED) is 0.405. The number of ether oxygens (including phenoxy) is 1. The maximum Gasteiger partial charge on any atom is 0.393 e. The Labute approximate surface area is 131 Å². The van der Waals surface area contributed by atoms with E-state index in [-0.39, 0.29) is 0 Å². The van der Waals surface area contributed by atoms with Crippen LogP contribution in [0.3, 0.4) is 0 Å². The molecular formula is C9H6ClF10NO3. The Morgan fingerprint density at radius 2 is 1.29 bits per heavy atom. The van der Waals surface area contributed by atoms with Crippen LogP contribution in [-0.4, -0.2) is 54.6 Å². The Morgan fingerprint density at radius 3 is 1.62 bits per heavy atom. The maximum atomic E-state index is 13.1. The predicted molar refractivity (Wildman–Crippen MR) is 55.6 cm³/mol. The molecule has 0 radical (unpaired) electrons. The molecule has 0 aliphatic carbocycles. The number of hydrogen-bond acceptors (Lipinski definition) is 3. The largest absolute Gasteiger partial charge is 0.468 e. The molecule has 4 nitrogen and oxygen atoms in total. The van der Waals surface area contributed by atoms with Crippen LogP contribution < -0.4 is 5.32 Å². The fourth-order valence-electron chi connectivity index (χ4n) is 1.05. The first-order chi connectivity index (χ1) is 10.4. The van der Waals surface area contributed by atoms with Crippen molar-refractivity contribution in [1.29, 1.82) is 0 Å². The summed E-state index contributed by atoms with van der Waals surface area (Å²) in [5.41, 5.74) is 0. The van der Waals surface area contributed by atoms with Crippen LogP contribution in [0.2, 0.25) is 0 Å². The molecule has 1 amide bonds. The average Bonchev–Trinajstić information content (AvgIpc) is 2.42. The molecule has 0 aliphatic heterocycles. The second-order valence-electron chi connectivity index (χ2n) is 4.05. The molecule has 0 fully saturated rings. The van der Waals surface area contributed by atoms with Gasteiger partial charge in [-0.25, -0.2) is 0 Å². The van der Waals surface area contributed by atoms with Gasteiger partial charge in [0, 0.05) is 0 Å². The van der Waals surface area contributed by atoms with Crippen molar-refractivity contribution in [2.45, 2.75) is 29.1 Å². The SMILES string of the molecule is COC(=O)CNC(=O)C(F)(F)C(F)(F)C(F)(F)C(F)(F)C(F)(F)Cl. The van der Waals surface area contributed by atoms with Crippen molar-refractivity contribution in [3.05, 3.63) is 0 Å². The smallest absolute Gasteiger partial charge is 0.393 e. The lowest BCUT2D eigenvalue weighted by atomic mass is 9.98. The number of carbonyl (C=O) groups excluding carboxylic acids is 2. The van der Waals surface area contributed by atoms with E-state index in [2.05, 4.69) is 16.3 Å². The van der Waals surface area contributed by atoms with Gasteiger partial charge >= 0.3 is 35.0 Å². The summed E-state index contributed by atoms with van der Waals surface area (Å²) in [6, 6.07) is 0. The van der Waals surface area contributed by atoms with Gasteiger partial charge in [0.05, 0.1) is 7.11 Å². The Bertz CT molecular complexity index is 504. The van der Waals surface area contributed by atoms with Crippen LogP contribution in [0.4, 0.5) is 43.9 Å². The molecule has 0 rings (SSSR count). The van der Waals surface area contributed by atoms with Gasteiger partial charge in [-0.3, -0.25) is 9.59 Å². The molecule has 0 aromatic carbocycles. The number of rotatable bonds is 7. The van der Waals surface area contributed by atoms with Crippen LogP contribution in [0.15, 0.2) is 0 Å². The molecule has 0 saturated carbocycles. The van der Waals surface area contributed by atoms with E-state index < -0.39 is 47.5 Å². The summed E-state index contributed by atoms with van der Waals surface area (Å²) in [5, 5.41) is -5.65. The molecule has 1 N–H and O–H groups in total. The molecule has 24 heavy (non-hydrogen) atoms. The minimum atomic E-state index is -7.45. The molecular weight excluding hydrogens is 396 g/mol. The minimum Gasteiger partial charge on any atom is -0.468 e. The lowest BCUT2D eigenvalue weighted by Crippen LogP contribution is -2.69. The number of carbonyl (C=O) groups is 2. The molecule has 0 bridgehead atoms. The van der Waals surface area contributed by atoms with E-state index in [0.29, 0.717) is 12.4 Å². The maximum absolute atomic E-state index is 13.1. The first-order valence-corrected chi connectivity index (χ1v) is 5.68. The Balaban J connectivity index is 5.76. The zero-order valence-electron chi connectivity index (χ0n) is 11.1. The fraction of sp³-hybridized carbons (Fsp3) is 0.778. The second kappa shape index (κ2) is 6.44. The van der Waals surface area contributed by atoms with Crippen molar-refractivity contribution in [2.24, 2.45) is 0 Å². The van der Waals surface area contributed by atoms with Gasteiger partial charge in [-0.1, -0.05) is 0 Å². The molecule has 142 valence electrons. The van der Waals surface area contributed by atoms with E-state index in [1.165, 1.54) is 0 Å². The summed E-state index contributed by atoms with van der Waals surface area (Å²) < 4.78 is 132. The van der Waals surface area contributed by atoms with Gasteiger partial charge in [-0.2, -0.15) is 43.9 Å². The summed E-state index contributed by atoms with van der Waals surface area (Å²) in [6.45, 7) is -1.52. The minimum absolute atomic E-state index is 0.665. The number of amides is 1. The number of nitrogens with one attached hydrogen (secondary N) is 1. The first-order valence-electron chi connectivity index (χ1n) is 5.31. The van der Waals surface area contributed by atoms with Gasteiger partial charge in [0.25, 0.3) is 5.91 Å². The predicted octanol–water partition coefficient (Wildman–Crippen LogP) is 2.65. The summed E-state index contributed by atoms with van der Waals surface area (Å²) >= 11 is 3.56. The lowest BCUT2D eigenvalue weighted by molar-refractivity contribution is -0.382. The summed E-state index contributed by atoms with van der Waals surface area (Å²) in [4.78, 5) is 21.3. The molecule has 0 unspecified atom stereocenters. The molecule has 0 aromatic heterocycles. The Morgan fingerprint density at radius 1 is 0.875 bits per heavy atom. The van der Waals surface area contributed by atoms with Crippen LogP contribution in [0.1, 0.15) is 0 Å². The second-order valence-corrected chi connectivity index (χ2v) is 4.53. The van der Waals surface area contributed by atoms with Gasteiger partial charge in [0.15, 0.2) is 0 Å². The number of hydrogen-bond donors (Lipinski definition) is 1. The fourth-order valence-corrected chi connectivity index (χ4v) is 1.17. The highest BCUT2D eigenvalue weighted by Gasteiger charge is 2.87. The standard InChI is InChI=1S/C9H6ClF10NO3/c1-24-3(22)2-21-4(23)5(11,12)6(13,14)7(15,16)8(17,18)9(10,19)20/h2H2,1H3,(H,21,23). The zero-order chi connectivity index (χ0) is 19.8. The topological polar surface area (TPSA) is 55.4 Å². The number of alkyl halides is 11. The Hall–Kier alpha value is -1.47. The summed E-state index contributed by atoms with van der Waals surface area (Å²) in [5.74, 6) is -33.3. The Kier molecular flexibility index (Phi) is 6.05. The molecule has 15 heteroatoms. The molecule has 0 spiro atoms. The van der Waals surface area contributed by atoms with Crippen molar-refractivity contribution in [1.82, 2.24) is 5.32 Å². The monoisotopic (exact) mass is 401 g/mol. The number of halogens is 11. The zero-order valence-corrected chi connectivity index (χ0v) is 11.8. The van der Waals surface area contributed by atoms with Crippen LogP contribution in [0.5, 0.6) is 0 Å². The summed E-state index contributed by atoms with van der Waals surface area (Å²) in [7, 11) is 0.665. The van der Waals surface area contributed by atoms with Crippen molar-refractivity contribution in [3.63, 3.8) is 0 Å².